The van der Waals surface area contributed by atoms with Crippen LogP contribution in [0.25, 0.3) is 0 Å². The summed E-state index contributed by atoms with van der Waals surface area (Å²) in [4.78, 5) is 6.43. The normalized spacial score (nSPS) is 20.8. The monoisotopic (exact) mass is 218 g/mol. The second-order valence-corrected chi connectivity index (χ2v) is 4.51. The van der Waals surface area contributed by atoms with Gasteiger partial charge in [-0.25, -0.2) is 0 Å². The third-order valence-corrected chi connectivity index (χ3v) is 3.04. The number of hydrogen-bond donors (Lipinski definition) is 2. The van der Waals surface area contributed by atoms with E-state index < -0.39 is 0 Å². The van der Waals surface area contributed by atoms with Gasteiger partial charge in [-0.3, -0.25) is 10.4 Å². The van der Waals surface area contributed by atoms with Crippen LogP contribution in [0, 0.1) is 11.3 Å². The van der Waals surface area contributed by atoms with E-state index >= 15 is 0 Å². The van der Waals surface area contributed by atoms with Gasteiger partial charge in [0.2, 0.25) is 0 Å². The van der Waals surface area contributed by atoms with Gasteiger partial charge < -0.3 is 10.6 Å². The number of nitrogens with zero attached hydrogens (tertiary/aromatic N) is 2. The molecule has 0 radical (unpaired) electrons. The summed E-state index contributed by atoms with van der Waals surface area (Å²) >= 11 is 0. The molecule has 16 heavy (non-hydrogen) atoms. The van der Waals surface area contributed by atoms with Crippen molar-refractivity contribution in [2.75, 3.05) is 18.0 Å². The van der Waals surface area contributed by atoms with Gasteiger partial charge in [-0.15, -0.1) is 0 Å². The molecule has 0 bridgehead atoms. The molecule has 0 saturated carbocycles. The van der Waals surface area contributed by atoms with Crippen molar-refractivity contribution >= 4 is 11.5 Å². The molecule has 1 aromatic heterocycles. The van der Waals surface area contributed by atoms with Crippen LogP contribution in [0.1, 0.15) is 25.5 Å². The molecule has 1 aliphatic rings. The summed E-state index contributed by atoms with van der Waals surface area (Å²) in [5, 5.41) is 7.38. The van der Waals surface area contributed by atoms with Crippen LogP contribution in [0.2, 0.25) is 0 Å². The number of nitrogens with two attached hydrogens (primary N) is 1. The van der Waals surface area contributed by atoms with Crippen LogP contribution < -0.4 is 10.6 Å². The van der Waals surface area contributed by atoms with Gasteiger partial charge in [-0.2, -0.15) is 0 Å². The first-order chi connectivity index (χ1) is 7.66. The van der Waals surface area contributed by atoms with Crippen LogP contribution >= 0.6 is 0 Å². The zero-order valence-corrected chi connectivity index (χ0v) is 9.61. The minimum absolute atomic E-state index is 0.0342. The van der Waals surface area contributed by atoms with Gasteiger partial charge in [0.05, 0.1) is 0 Å². The zero-order chi connectivity index (χ0) is 11.5. The largest absolute Gasteiger partial charge is 0.382 e. The Kier molecular flexibility index (Phi) is 3.08. The summed E-state index contributed by atoms with van der Waals surface area (Å²) in [6.45, 7) is 4.45. The van der Waals surface area contributed by atoms with E-state index in [9.17, 15) is 0 Å². The Morgan fingerprint density at radius 1 is 1.62 bits per heavy atom. The summed E-state index contributed by atoms with van der Waals surface area (Å²) in [5.41, 5.74) is 7.14. The van der Waals surface area contributed by atoms with E-state index in [-0.39, 0.29) is 5.84 Å². The summed E-state index contributed by atoms with van der Waals surface area (Å²) in [5.74, 6) is 0.773. The van der Waals surface area contributed by atoms with Crippen molar-refractivity contribution in [1.29, 1.82) is 5.41 Å². The third-order valence-electron chi connectivity index (χ3n) is 3.04. The number of rotatable bonds is 2. The van der Waals surface area contributed by atoms with Crippen molar-refractivity contribution in [2.24, 2.45) is 11.7 Å². The van der Waals surface area contributed by atoms with Crippen molar-refractivity contribution in [3.8, 4) is 0 Å². The maximum Gasteiger partial charge on any atom is 0.141 e. The van der Waals surface area contributed by atoms with Crippen LogP contribution in [0.5, 0.6) is 0 Å². The standard InChI is InChI=1S/C12H18N4/c1-9-3-2-6-16(8-9)10-4-5-15-11(7-10)12(13)14/h4-5,7,9H,2-3,6,8H2,1H3,(H3,13,14). The molecule has 0 spiro atoms. The van der Waals surface area contributed by atoms with Crippen LogP contribution in [-0.4, -0.2) is 23.9 Å². The van der Waals surface area contributed by atoms with E-state index in [2.05, 4.69) is 16.8 Å². The second kappa shape index (κ2) is 4.51. The highest BCUT2D eigenvalue weighted by molar-refractivity contribution is 5.93. The van der Waals surface area contributed by atoms with Gasteiger partial charge in [-0.05, 0) is 30.9 Å². The van der Waals surface area contributed by atoms with E-state index in [1.807, 2.05) is 12.1 Å². The summed E-state index contributed by atoms with van der Waals surface area (Å²) in [6.07, 6.45) is 4.27. The fourth-order valence-electron chi connectivity index (χ4n) is 2.19. The van der Waals surface area contributed by atoms with E-state index in [4.69, 9.17) is 11.1 Å². The number of piperidine rings is 1. The molecular formula is C12H18N4. The minimum atomic E-state index is 0.0342. The summed E-state index contributed by atoms with van der Waals surface area (Å²) in [6, 6.07) is 3.89. The van der Waals surface area contributed by atoms with Crippen LogP contribution in [0.15, 0.2) is 18.3 Å². The molecule has 2 heterocycles. The van der Waals surface area contributed by atoms with Gasteiger partial charge in [0.1, 0.15) is 11.5 Å². The molecule has 1 fully saturated rings. The molecule has 2 rings (SSSR count). The fourth-order valence-corrected chi connectivity index (χ4v) is 2.19. The van der Waals surface area contributed by atoms with E-state index in [1.54, 1.807) is 6.20 Å². The summed E-state index contributed by atoms with van der Waals surface area (Å²) < 4.78 is 0. The predicted octanol–water partition coefficient (Wildman–Crippen LogP) is 1.60. The molecule has 3 N–H and O–H groups in total. The maximum absolute atomic E-state index is 7.38. The number of anilines is 1. The molecule has 1 aliphatic heterocycles. The average molecular weight is 218 g/mol. The van der Waals surface area contributed by atoms with Gasteiger partial charge in [0, 0.05) is 25.0 Å². The average Bonchev–Trinajstić information content (AvgIpc) is 2.29. The van der Waals surface area contributed by atoms with Crippen molar-refractivity contribution in [2.45, 2.75) is 19.8 Å². The Morgan fingerprint density at radius 3 is 3.12 bits per heavy atom. The van der Waals surface area contributed by atoms with Gasteiger partial charge in [0.15, 0.2) is 0 Å². The van der Waals surface area contributed by atoms with E-state index in [0.29, 0.717) is 5.69 Å². The quantitative estimate of drug-likeness (QED) is 0.585. The zero-order valence-electron chi connectivity index (χ0n) is 9.61. The lowest BCUT2D eigenvalue weighted by Crippen LogP contribution is -2.34. The second-order valence-electron chi connectivity index (χ2n) is 4.51. The lowest BCUT2D eigenvalue weighted by Gasteiger charge is -2.32. The first kappa shape index (κ1) is 10.9. The highest BCUT2D eigenvalue weighted by Crippen LogP contribution is 2.22. The Bertz CT molecular complexity index is 388. The molecular weight excluding hydrogens is 200 g/mol. The molecule has 0 aliphatic carbocycles. The Balaban J connectivity index is 2.19. The number of aromatic nitrogens is 1. The first-order valence-corrected chi connectivity index (χ1v) is 5.72. The SMILES string of the molecule is CC1CCCN(c2ccnc(C(=N)N)c2)C1. The molecule has 4 heteroatoms. The molecule has 0 amide bonds. The lowest BCUT2D eigenvalue weighted by atomic mass is 10.00. The lowest BCUT2D eigenvalue weighted by molar-refractivity contribution is 0.447. The molecule has 86 valence electrons. The predicted molar refractivity (Wildman–Crippen MR) is 65.9 cm³/mol. The number of nitrogen functional groups attached to an aromatic ring is 1. The van der Waals surface area contributed by atoms with Gasteiger partial charge in [0.25, 0.3) is 0 Å². The number of amidine groups is 1. The van der Waals surface area contributed by atoms with Crippen LogP contribution in [0.4, 0.5) is 5.69 Å². The molecule has 1 aromatic rings. The molecule has 1 saturated heterocycles. The van der Waals surface area contributed by atoms with Gasteiger partial charge in [-0.1, -0.05) is 6.92 Å². The Morgan fingerprint density at radius 2 is 2.44 bits per heavy atom. The Hall–Kier alpha value is -1.58. The smallest absolute Gasteiger partial charge is 0.141 e. The first-order valence-electron chi connectivity index (χ1n) is 5.72. The molecule has 1 unspecified atom stereocenters. The van der Waals surface area contributed by atoms with Crippen molar-refractivity contribution in [3.05, 3.63) is 24.0 Å². The topological polar surface area (TPSA) is 66.0 Å². The van der Waals surface area contributed by atoms with Crippen molar-refractivity contribution in [1.82, 2.24) is 4.98 Å². The number of nitrogens with one attached hydrogen (secondary N) is 1. The fraction of sp³-hybridized carbons (Fsp3) is 0.500. The van der Waals surface area contributed by atoms with E-state index in [0.717, 1.165) is 24.7 Å². The molecule has 4 nitrogen and oxygen atoms in total. The molecule has 0 aromatic carbocycles. The highest BCUT2D eigenvalue weighted by atomic mass is 15.1. The Labute approximate surface area is 96.0 Å². The van der Waals surface area contributed by atoms with Gasteiger partial charge >= 0.3 is 0 Å². The minimum Gasteiger partial charge on any atom is -0.382 e. The third kappa shape index (κ3) is 2.32. The maximum atomic E-state index is 7.38. The number of pyridine rings is 1. The van der Waals surface area contributed by atoms with Crippen molar-refractivity contribution in [3.63, 3.8) is 0 Å². The highest BCUT2D eigenvalue weighted by Gasteiger charge is 2.17. The number of hydrogen-bond acceptors (Lipinski definition) is 3. The summed E-state index contributed by atoms with van der Waals surface area (Å²) in [7, 11) is 0. The van der Waals surface area contributed by atoms with Crippen LogP contribution in [0.3, 0.4) is 0 Å². The van der Waals surface area contributed by atoms with Crippen LogP contribution in [-0.2, 0) is 0 Å². The van der Waals surface area contributed by atoms with Crippen molar-refractivity contribution < 1.29 is 0 Å². The molecule has 1 atom stereocenters. The van der Waals surface area contributed by atoms with E-state index in [1.165, 1.54) is 12.8 Å².